The minimum Gasteiger partial charge on any atom is -0.454 e. The van der Waals surface area contributed by atoms with Crippen LogP contribution >= 0.6 is 22.9 Å². The lowest BCUT2D eigenvalue weighted by atomic mass is 10.2. The topological polar surface area (TPSA) is 60.5 Å². The van der Waals surface area contributed by atoms with Gasteiger partial charge in [0.05, 0.1) is 5.02 Å². The fourth-order valence-electron chi connectivity index (χ4n) is 1.69. The Labute approximate surface area is 123 Å². The molecule has 0 bridgehead atoms. The number of fused-ring (bicyclic) bond motifs is 1. The molecule has 0 unspecified atom stereocenters. The van der Waals surface area contributed by atoms with Crippen LogP contribution in [0.25, 0.3) is 6.08 Å². The molecule has 3 rings (SSSR count). The number of amides is 1. The summed E-state index contributed by atoms with van der Waals surface area (Å²) in [6.45, 7) is 0.159. The number of thiazole rings is 1. The lowest BCUT2D eigenvalue weighted by Crippen LogP contribution is -2.06. The number of nitrogens with one attached hydrogen (secondary N) is 1. The summed E-state index contributed by atoms with van der Waals surface area (Å²) in [5.41, 5.74) is 0.758. The van der Waals surface area contributed by atoms with Crippen LogP contribution in [0.3, 0.4) is 0 Å². The highest BCUT2D eigenvalue weighted by Crippen LogP contribution is 2.40. The van der Waals surface area contributed by atoms with E-state index in [1.54, 1.807) is 29.8 Å². The number of carbonyl (C=O) groups excluding carboxylic acids is 1. The molecule has 7 heteroatoms. The van der Waals surface area contributed by atoms with Crippen molar-refractivity contribution in [1.82, 2.24) is 4.98 Å². The summed E-state index contributed by atoms with van der Waals surface area (Å²) < 4.78 is 10.5. The first-order valence-corrected chi connectivity index (χ1v) is 6.96. The van der Waals surface area contributed by atoms with Gasteiger partial charge in [-0.2, -0.15) is 0 Å². The van der Waals surface area contributed by atoms with E-state index in [0.29, 0.717) is 21.7 Å². The average Bonchev–Trinajstić information content (AvgIpc) is 3.07. The number of hydrogen-bond donors (Lipinski definition) is 1. The Balaban J connectivity index is 1.73. The molecule has 20 heavy (non-hydrogen) atoms. The molecule has 0 radical (unpaired) electrons. The summed E-state index contributed by atoms with van der Waals surface area (Å²) in [4.78, 5) is 15.6. The number of nitrogens with zero attached hydrogens (tertiary/aromatic N) is 1. The Bertz CT molecular complexity index is 671. The average molecular weight is 309 g/mol. The van der Waals surface area contributed by atoms with Gasteiger partial charge in [0.1, 0.15) is 0 Å². The molecular formula is C13H9ClN2O3S. The highest BCUT2D eigenvalue weighted by atomic mass is 35.5. The predicted molar refractivity (Wildman–Crippen MR) is 77.4 cm³/mol. The van der Waals surface area contributed by atoms with Crippen molar-refractivity contribution in [2.45, 2.75) is 0 Å². The van der Waals surface area contributed by atoms with Crippen molar-refractivity contribution in [3.63, 3.8) is 0 Å². The molecular weight excluding hydrogens is 300 g/mol. The van der Waals surface area contributed by atoms with Gasteiger partial charge in [-0.3, -0.25) is 10.1 Å². The van der Waals surface area contributed by atoms with Crippen molar-refractivity contribution in [2.24, 2.45) is 0 Å². The SMILES string of the molecule is O=C(/C=C/c1cc(Cl)c2c(c1)OCO2)Nc1nccs1. The first kappa shape index (κ1) is 13.0. The van der Waals surface area contributed by atoms with Gasteiger partial charge in [0.15, 0.2) is 16.6 Å². The van der Waals surface area contributed by atoms with E-state index >= 15 is 0 Å². The van der Waals surface area contributed by atoms with Crippen molar-refractivity contribution < 1.29 is 14.3 Å². The molecule has 0 saturated carbocycles. The molecule has 1 aromatic carbocycles. The monoisotopic (exact) mass is 308 g/mol. The van der Waals surface area contributed by atoms with Gasteiger partial charge >= 0.3 is 0 Å². The van der Waals surface area contributed by atoms with Gasteiger partial charge in [-0.05, 0) is 23.8 Å². The van der Waals surface area contributed by atoms with Gasteiger partial charge in [-0.15, -0.1) is 11.3 Å². The fraction of sp³-hybridized carbons (Fsp3) is 0.0769. The maximum Gasteiger partial charge on any atom is 0.250 e. The molecule has 2 aromatic rings. The van der Waals surface area contributed by atoms with Crippen LogP contribution in [0.5, 0.6) is 11.5 Å². The van der Waals surface area contributed by atoms with Crippen molar-refractivity contribution in [1.29, 1.82) is 0 Å². The number of ether oxygens (including phenoxy) is 2. The standard InChI is InChI=1S/C13H9ClN2O3S/c14-9-5-8(6-10-12(9)19-7-18-10)1-2-11(17)16-13-15-3-4-20-13/h1-6H,7H2,(H,15,16,17)/b2-1+. The summed E-state index contributed by atoms with van der Waals surface area (Å²) in [5.74, 6) is 0.863. The number of halogens is 1. The van der Waals surface area contributed by atoms with Crippen molar-refractivity contribution in [2.75, 3.05) is 12.1 Å². The predicted octanol–water partition coefficient (Wildman–Crippen LogP) is 3.18. The van der Waals surface area contributed by atoms with Crippen LogP contribution in [0, 0.1) is 0 Å². The van der Waals surface area contributed by atoms with Gasteiger partial charge in [0.25, 0.3) is 0 Å². The maximum absolute atomic E-state index is 11.7. The zero-order valence-electron chi connectivity index (χ0n) is 10.1. The Morgan fingerprint density at radius 3 is 3.15 bits per heavy atom. The Hall–Kier alpha value is -2.05. The van der Waals surface area contributed by atoms with E-state index in [1.807, 2.05) is 0 Å². The number of aromatic nitrogens is 1. The minimum atomic E-state index is -0.256. The lowest BCUT2D eigenvalue weighted by molar-refractivity contribution is -0.111. The largest absolute Gasteiger partial charge is 0.454 e. The highest BCUT2D eigenvalue weighted by Gasteiger charge is 2.17. The first-order valence-electron chi connectivity index (χ1n) is 5.70. The number of hydrogen-bond acceptors (Lipinski definition) is 5. The summed E-state index contributed by atoms with van der Waals surface area (Å²) in [6.07, 6.45) is 4.69. The molecule has 1 aliphatic heterocycles. The van der Waals surface area contributed by atoms with Crippen LogP contribution < -0.4 is 14.8 Å². The number of anilines is 1. The maximum atomic E-state index is 11.7. The third kappa shape index (κ3) is 2.76. The quantitative estimate of drug-likeness (QED) is 0.885. The van der Waals surface area contributed by atoms with Crippen LogP contribution in [0.1, 0.15) is 5.56 Å². The molecule has 1 aliphatic rings. The fourth-order valence-corrected chi connectivity index (χ4v) is 2.49. The van der Waals surface area contributed by atoms with Crippen LogP contribution in [-0.4, -0.2) is 17.7 Å². The van der Waals surface area contributed by atoms with E-state index in [0.717, 1.165) is 5.56 Å². The first-order chi connectivity index (χ1) is 9.72. The number of carbonyl (C=O) groups is 1. The molecule has 102 valence electrons. The van der Waals surface area contributed by atoms with E-state index in [1.165, 1.54) is 17.4 Å². The number of benzene rings is 1. The van der Waals surface area contributed by atoms with Gasteiger partial charge < -0.3 is 9.47 Å². The number of rotatable bonds is 3. The third-order valence-corrected chi connectivity index (χ3v) is 3.51. The molecule has 5 nitrogen and oxygen atoms in total. The molecule has 0 fully saturated rings. The smallest absolute Gasteiger partial charge is 0.250 e. The molecule has 1 N–H and O–H groups in total. The second kappa shape index (κ2) is 5.52. The van der Waals surface area contributed by atoms with E-state index < -0.39 is 0 Å². The molecule has 0 spiro atoms. The zero-order chi connectivity index (χ0) is 13.9. The lowest BCUT2D eigenvalue weighted by Gasteiger charge is -2.01. The van der Waals surface area contributed by atoms with E-state index in [4.69, 9.17) is 21.1 Å². The Morgan fingerprint density at radius 2 is 2.35 bits per heavy atom. The van der Waals surface area contributed by atoms with Crippen LogP contribution in [-0.2, 0) is 4.79 Å². The summed E-state index contributed by atoms with van der Waals surface area (Å²) in [6, 6.07) is 3.48. The Kier molecular flexibility index (Phi) is 3.58. The summed E-state index contributed by atoms with van der Waals surface area (Å²) in [5, 5.41) is 5.46. The van der Waals surface area contributed by atoms with Crippen molar-refractivity contribution in [3.8, 4) is 11.5 Å². The Morgan fingerprint density at radius 1 is 1.45 bits per heavy atom. The molecule has 0 atom stereocenters. The van der Waals surface area contributed by atoms with E-state index in [-0.39, 0.29) is 12.7 Å². The third-order valence-electron chi connectivity index (χ3n) is 2.54. The molecule has 0 aliphatic carbocycles. The molecule has 2 heterocycles. The van der Waals surface area contributed by atoms with Gasteiger partial charge in [0.2, 0.25) is 12.7 Å². The molecule has 1 aromatic heterocycles. The van der Waals surface area contributed by atoms with Crippen LogP contribution in [0.2, 0.25) is 5.02 Å². The van der Waals surface area contributed by atoms with E-state index in [2.05, 4.69) is 10.3 Å². The van der Waals surface area contributed by atoms with Crippen molar-refractivity contribution >= 4 is 40.1 Å². The van der Waals surface area contributed by atoms with Crippen LogP contribution in [0.15, 0.2) is 29.8 Å². The van der Waals surface area contributed by atoms with E-state index in [9.17, 15) is 4.79 Å². The zero-order valence-corrected chi connectivity index (χ0v) is 11.7. The second-order valence-corrected chi connectivity index (χ2v) is 5.20. The molecule has 0 saturated heterocycles. The molecule has 1 amide bonds. The minimum absolute atomic E-state index is 0.159. The second-order valence-electron chi connectivity index (χ2n) is 3.90. The van der Waals surface area contributed by atoms with Gasteiger partial charge in [-0.1, -0.05) is 11.6 Å². The van der Waals surface area contributed by atoms with Gasteiger partial charge in [-0.25, -0.2) is 4.98 Å². The summed E-state index contributed by atoms with van der Waals surface area (Å²) in [7, 11) is 0. The van der Waals surface area contributed by atoms with Gasteiger partial charge in [0, 0.05) is 17.7 Å². The highest BCUT2D eigenvalue weighted by molar-refractivity contribution is 7.13. The normalized spacial score (nSPS) is 12.8. The van der Waals surface area contributed by atoms with Crippen LogP contribution in [0.4, 0.5) is 5.13 Å². The van der Waals surface area contributed by atoms with Crippen molar-refractivity contribution in [3.05, 3.63) is 40.4 Å². The summed E-state index contributed by atoms with van der Waals surface area (Å²) >= 11 is 7.41.